The Hall–Kier alpha value is -3.65. The van der Waals surface area contributed by atoms with Gasteiger partial charge in [0.1, 0.15) is 11.9 Å². The van der Waals surface area contributed by atoms with Crippen LogP contribution in [0.4, 0.5) is 0 Å². The molecule has 2 saturated heterocycles. The third kappa shape index (κ3) is 4.09. The number of methoxy groups -OCH3 is 1. The van der Waals surface area contributed by atoms with Gasteiger partial charge >= 0.3 is 0 Å². The van der Waals surface area contributed by atoms with Gasteiger partial charge in [-0.05, 0) is 52.6 Å². The quantitative estimate of drug-likeness (QED) is 0.308. The summed E-state index contributed by atoms with van der Waals surface area (Å²) < 4.78 is 23.0. The Balaban J connectivity index is 1.15. The van der Waals surface area contributed by atoms with E-state index < -0.39 is 0 Å². The number of benzene rings is 3. The maximum atomic E-state index is 6.64. The highest BCUT2D eigenvalue weighted by Crippen LogP contribution is 2.33. The lowest BCUT2D eigenvalue weighted by molar-refractivity contribution is 0.0273. The monoisotopic (exact) mass is 513 g/mol. The number of ether oxygens (including phenoxy) is 4. The van der Waals surface area contributed by atoms with Gasteiger partial charge < -0.3 is 23.9 Å². The molecule has 2 aromatic heterocycles. The molecule has 7 nitrogen and oxygen atoms in total. The van der Waals surface area contributed by atoms with Crippen LogP contribution in [0.5, 0.6) is 11.8 Å². The van der Waals surface area contributed by atoms with Gasteiger partial charge in [-0.1, -0.05) is 54.1 Å². The number of nitrogens with one attached hydrogen (secondary N) is 1. The average Bonchev–Trinajstić information content (AvgIpc) is 3.65. The maximum Gasteiger partial charge on any atom is 0.296 e. The molecule has 2 fully saturated rings. The Labute approximate surface area is 218 Å². The van der Waals surface area contributed by atoms with Crippen molar-refractivity contribution in [1.82, 2.24) is 15.0 Å². The highest BCUT2D eigenvalue weighted by atomic mass is 35.5. The second kappa shape index (κ2) is 9.03. The predicted molar refractivity (Wildman–Crippen MR) is 142 cm³/mol. The van der Waals surface area contributed by atoms with Crippen LogP contribution in [-0.4, -0.2) is 53.6 Å². The summed E-state index contributed by atoms with van der Waals surface area (Å²) in [6.07, 6.45) is 0.767. The Morgan fingerprint density at radius 2 is 1.70 bits per heavy atom. The second-order valence-corrected chi connectivity index (χ2v) is 9.80. The average molecular weight is 514 g/mol. The molecule has 1 N–H and O–H groups in total. The molecular weight excluding hydrogens is 490 g/mol. The normalized spacial score (nSPS) is 21.0. The summed E-state index contributed by atoms with van der Waals surface area (Å²) in [7, 11) is 1.68. The molecule has 3 aromatic carbocycles. The molecule has 3 atom stereocenters. The van der Waals surface area contributed by atoms with Crippen LogP contribution in [0.15, 0.2) is 66.7 Å². The number of aromatic amines is 1. The first kappa shape index (κ1) is 22.5. The van der Waals surface area contributed by atoms with Gasteiger partial charge in [-0.15, -0.1) is 0 Å². The third-order valence-corrected chi connectivity index (χ3v) is 7.42. The van der Waals surface area contributed by atoms with Gasteiger partial charge in [0.2, 0.25) is 0 Å². The van der Waals surface area contributed by atoms with Gasteiger partial charge in [0, 0.05) is 12.2 Å². The predicted octanol–water partition coefficient (Wildman–Crippen LogP) is 6.04. The zero-order chi connectivity index (χ0) is 24.9. The summed E-state index contributed by atoms with van der Waals surface area (Å²) >= 11 is 6.64. The van der Waals surface area contributed by atoms with Gasteiger partial charge in [-0.25, -0.2) is 4.98 Å². The van der Waals surface area contributed by atoms with Crippen molar-refractivity contribution in [1.29, 1.82) is 0 Å². The lowest BCUT2D eigenvalue weighted by atomic mass is 9.99. The largest absolute Gasteiger partial charge is 0.497 e. The van der Waals surface area contributed by atoms with Crippen LogP contribution in [0.3, 0.4) is 0 Å². The second-order valence-electron chi connectivity index (χ2n) is 9.39. The molecule has 0 spiro atoms. The Kier molecular flexibility index (Phi) is 5.50. The van der Waals surface area contributed by atoms with E-state index in [0.717, 1.165) is 39.8 Å². The molecule has 8 heteroatoms. The molecule has 0 aliphatic carbocycles. The molecule has 0 radical (unpaired) electrons. The minimum Gasteiger partial charge on any atom is -0.497 e. The molecule has 4 heterocycles. The van der Waals surface area contributed by atoms with Crippen molar-refractivity contribution in [3.63, 3.8) is 0 Å². The first-order chi connectivity index (χ1) is 18.1. The zero-order valence-corrected chi connectivity index (χ0v) is 20.9. The van der Waals surface area contributed by atoms with Crippen LogP contribution < -0.4 is 9.47 Å². The van der Waals surface area contributed by atoms with Crippen molar-refractivity contribution in [2.75, 3.05) is 20.3 Å². The SMILES string of the molecule is COc1ccc2ccc(-c3ccc(-c4nc5nc(OC6CO[C@@H]7CCO[C@H]67)[nH]c5cc4Cl)cc3)cc2c1. The number of hydrogen-bond acceptors (Lipinski definition) is 6. The van der Waals surface area contributed by atoms with Crippen LogP contribution in [-0.2, 0) is 9.47 Å². The summed E-state index contributed by atoms with van der Waals surface area (Å²) in [5.74, 6) is 0.843. The van der Waals surface area contributed by atoms with Crippen molar-refractivity contribution in [3.8, 4) is 34.1 Å². The number of halogens is 1. The number of aromatic nitrogens is 3. The fourth-order valence-corrected chi connectivity index (χ4v) is 5.44. The summed E-state index contributed by atoms with van der Waals surface area (Å²) in [5, 5.41) is 2.84. The molecule has 2 aliphatic rings. The molecule has 5 aromatic rings. The van der Waals surface area contributed by atoms with E-state index in [-0.39, 0.29) is 18.3 Å². The summed E-state index contributed by atoms with van der Waals surface area (Å²) in [6.45, 7) is 1.19. The van der Waals surface area contributed by atoms with Crippen molar-refractivity contribution in [2.24, 2.45) is 0 Å². The molecule has 2 aliphatic heterocycles. The number of pyridine rings is 1. The molecular formula is C29H24ClN3O4. The number of rotatable bonds is 5. The molecule has 0 amide bonds. The van der Waals surface area contributed by atoms with Crippen LogP contribution in [0.1, 0.15) is 6.42 Å². The summed E-state index contributed by atoms with van der Waals surface area (Å²) in [6, 6.07) is 23.0. The molecule has 37 heavy (non-hydrogen) atoms. The van der Waals surface area contributed by atoms with E-state index in [9.17, 15) is 0 Å². The minimum atomic E-state index is -0.188. The van der Waals surface area contributed by atoms with E-state index in [1.165, 1.54) is 5.39 Å². The van der Waals surface area contributed by atoms with Gasteiger partial charge in [-0.2, -0.15) is 4.98 Å². The fraction of sp³-hybridized carbons (Fsp3) is 0.241. The molecule has 0 saturated carbocycles. The Bertz CT molecular complexity index is 1620. The third-order valence-electron chi connectivity index (χ3n) is 7.13. The van der Waals surface area contributed by atoms with E-state index in [1.807, 2.05) is 30.3 Å². The number of fused-ring (bicyclic) bond motifs is 3. The highest BCUT2D eigenvalue weighted by molar-refractivity contribution is 6.33. The van der Waals surface area contributed by atoms with Crippen molar-refractivity contribution >= 4 is 33.5 Å². The van der Waals surface area contributed by atoms with E-state index in [0.29, 0.717) is 35.6 Å². The molecule has 7 rings (SSSR count). The highest BCUT2D eigenvalue weighted by Gasteiger charge is 2.43. The minimum absolute atomic E-state index is 0.0523. The fourth-order valence-electron chi connectivity index (χ4n) is 5.18. The van der Waals surface area contributed by atoms with E-state index >= 15 is 0 Å². The molecule has 186 valence electrons. The van der Waals surface area contributed by atoms with E-state index in [1.54, 1.807) is 7.11 Å². The van der Waals surface area contributed by atoms with E-state index in [2.05, 4.69) is 46.4 Å². The standard InChI is InChI=1S/C29H24ClN3O4/c1-34-21-9-8-17-4-7-19(12-20(17)13-21)16-2-5-18(6-3-16)26-22(30)14-23-28(32-26)33-29(31-23)37-25-15-36-24-10-11-35-27(24)25/h2-9,12-14,24-25,27H,10-11,15H2,1H3,(H,31,32,33)/t24-,25?,27+/m1/s1. The van der Waals surface area contributed by atoms with Crippen molar-refractivity contribution in [3.05, 3.63) is 71.8 Å². The topological polar surface area (TPSA) is 78.5 Å². The first-order valence-corrected chi connectivity index (χ1v) is 12.7. The first-order valence-electron chi connectivity index (χ1n) is 12.3. The van der Waals surface area contributed by atoms with Crippen LogP contribution in [0, 0.1) is 0 Å². The number of H-pyrrole nitrogens is 1. The van der Waals surface area contributed by atoms with Crippen LogP contribution in [0.25, 0.3) is 44.3 Å². The molecule has 1 unspecified atom stereocenters. The van der Waals surface area contributed by atoms with Gasteiger partial charge in [0.05, 0.1) is 36.1 Å². The zero-order valence-electron chi connectivity index (χ0n) is 20.1. The van der Waals surface area contributed by atoms with Gasteiger partial charge in [-0.3, -0.25) is 0 Å². The van der Waals surface area contributed by atoms with Crippen molar-refractivity contribution in [2.45, 2.75) is 24.7 Å². The number of hydrogen-bond donors (Lipinski definition) is 1. The number of nitrogens with zero attached hydrogens (tertiary/aromatic N) is 2. The molecule has 0 bridgehead atoms. The maximum absolute atomic E-state index is 6.64. The van der Waals surface area contributed by atoms with Crippen molar-refractivity contribution < 1.29 is 18.9 Å². The smallest absolute Gasteiger partial charge is 0.296 e. The summed E-state index contributed by atoms with van der Waals surface area (Å²) in [5.41, 5.74) is 5.08. The van der Waals surface area contributed by atoms with Crippen LogP contribution in [0.2, 0.25) is 5.02 Å². The van der Waals surface area contributed by atoms with E-state index in [4.69, 9.17) is 35.5 Å². The Morgan fingerprint density at radius 3 is 2.57 bits per heavy atom. The summed E-state index contributed by atoms with van der Waals surface area (Å²) in [4.78, 5) is 12.5. The lowest BCUT2D eigenvalue weighted by Gasteiger charge is -2.15. The number of imidazole rings is 1. The lowest BCUT2D eigenvalue weighted by Crippen LogP contribution is -2.32. The Morgan fingerprint density at radius 1 is 0.892 bits per heavy atom. The van der Waals surface area contributed by atoms with Gasteiger partial charge in [0.15, 0.2) is 11.8 Å². The van der Waals surface area contributed by atoms with Crippen LogP contribution >= 0.6 is 11.6 Å². The van der Waals surface area contributed by atoms with Gasteiger partial charge in [0.25, 0.3) is 6.01 Å².